The molecule has 90 valence electrons. The van der Waals surface area contributed by atoms with E-state index in [4.69, 9.17) is 10.6 Å². The number of hydrogen-bond acceptors (Lipinski definition) is 5. The highest BCUT2D eigenvalue weighted by Gasteiger charge is 2.08. The molecular weight excluding hydrogens is 230 g/mol. The first-order chi connectivity index (χ1) is 8.84. The van der Waals surface area contributed by atoms with Crippen LogP contribution in [0.2, 0.25) is 0 Å². The molecule has 6 heteroatoms. The van der Waals surface area contributed by atoms with Crippen LogP contribution < -0.4 is 10.6 Å². The number of nitrogen functional groups attached to an aromatic ring is 1. The highest BCUT2D eigenvalue weighted by molar-refractivity contribution is 5.80. The maximum atomic E-state index is 5.69. The minimum Gasteiger partial charge on any atom is -0.406 e. The molecule has 3 rings (SSSR count). The number of nitrogens with two attached hydrogens (primary N) is 1. The number of anilines is 1. The summed E-state index contributed by atoms with van der Waals surface area (Å²) >= 11 is 0. The zero-order chi connectivity index (χ0) is 12.4. The Labute approximate surface area is 103 Å². The van der Waals surface area contributed by atoms with Gasteiger partial charge in [0.15, 0.2) is 11.3 Å². The van der Waals surface area contributed by atoms with E-state index in [-0.39, 0.29) is 0 Å². The van der Waals surface area contributed by atoms with Crippen molar-refractivity contribution in [3.63, 3.8) is 0 Å². The maximum absolute atomic E-state index is 5.69. The Morgan fingerprint density at radius 3 is 2.78 bits per heavy atom. The van der Waals surface area contributed by atoms with Gasteiger partial charge in [-0.3, -0.25) is 0 Å². The minimum absolute atomic E-state index is 0.349. The maximum Gasteiger partial charge on any atom is 0.201 e. The third-order valence-corrected chi connectivity index (χ3v) is 2.54. The van der Waals surface area contributed by atoms with E-state index in [9.17, 15) is 0 Å². The van der Waals surface area contributed by atoms with Gasteiger partial charge < -0.3 is 10.6 Å². The quantitative estimate of drug-likeness (QED) is 0.741. The van der Waals surface area contributed by atoms with Crippen molar-refractivity contribution in [1.82, 2.24) is 19.7 Å². The monoisotopic (exact) mass is 241 g/mol. The van der Waals surface area contributed by atoms with Gasteiger partial charge in [-0.1, -0.05) is 30.3 Å². The van der Waals surface area contributed by atoms with E-state index >= 15 is 0 Å². The van der Waals surface area contributed by atoms with E-state index in [2.05, 4.69) is 15.0 Å². The van der Waals surface area contributed by atoms with Crippen molar-refractivity contribution in [3.8, 4) is 0 Å². The van der Waals surface area contributed by atoms with Crippen LogP contribution in [0.1, 0.15) is 5.56 Å². The van der Waals surface area contributed by atoms with Crippen molar-refractivity contribution >= 4 is 17.0 Å². The summed E-state index contributed by atoms with van der Waals surface area (Å²) in [6.45, 7) is 0.441. The molecule has 0 aliphatic rings. The smallest absolute Gasteiger partial charge is 0.201 e. The molecular formula is C12H11N5O. The molecule has 0 amide bonds. The highest BCUT2D eigenvalue weighted by atomic mass is 16.7. The Bertz CT molecular complexity index is 665. The zero-order valence-corrected chi connectivity index (χ0v) is 9.52. The van der Waals surface area contributed by atoms with Crippen LogP contribution in [0.4, 0.5) is 5.82 Å². The van der Waals surface area contributed by atoms with Gasteiger partial charge >= 0.3 is 0 Å². The molecule has 2 heterocycles. The van der Waals surface area contributed by atoms with Gasteiger partial charge in [-0.2, -0.15) is 4.73 Å². The second-order valence-corrected chi connectivity index (χ2v) is 3.76. The average molecular weight is 241 g/mol. The molecule has 3 aromatic rings. The molecule has 0 atom stereocenters. The molecule has 0 unspecified atom stereocenters. The van der Waals surface area contributed by atoms with Gasteiger partial charge in [-0.25, -0.2) is 15.0 Å². The first kappa shape index (κ1) is 10.5. The Kier molecular flexibility index (Phi) is 2.53. The topological polar surface area (TPSA) is 78.9 Å². The lowest BCUT2D eigenvalue weighted by Crippen LogP contribution is -2.10. The van der Waals surface area contributed by atoms with Crippen LogP contribution in [-0.2, 0) is 6.61 Å². The SMILES string of the molecule is Nc1ncnc2c1ncn2OCc1ccccc1. The molecule has 2 aromatic heterocycles. The van der Waals surface area contributed by atoms with E-state index < -0.39 is 0 Å². The van der Waals surface area contributed by atoms with Gasteiger partial charge in [0.05, 0.1) is 0 Å². The number of fused-ring (bicyclic) bond motifs is 1. The number of benzene rings is 1. The molecule has 1 aromatic carbocycles. The summed E-state index contributed by atoms with van der Waals surface area (Å²) in [5.41, 5.74) is 7.88. The Hall–Kier alpha value is -2.63. The summed E-state index contributed by atoms with van der Waals surface area (Å²) in [7, 11) is 0. The van der Waals surface area contributed by atoms with E-state index in [0.29, 0.717) is 23.6 Å². The molecule has 0 saturated heterocycles. The second kappa shape index (κ2) is 4.33. The number of aromatic nitrogens is 4. The average Bonchev–Trinajstić information content (AvgIpc) is 2.82. The molecule has 0 spiro atoms. The van der Waals surface area contributed by atoms with Crippen molar-refractivity contribution in [2.75, 3.05) is 5.73 Å². The summed E-state index contributed by atoms with van der Waals surface area (Å²) < 4.78 is 1.50. The van der Waals surface area contributed by atoms with Crippen LogP contribution in [0.5, 0.6) is 0 Å². The van der Waals surface area contributed by atoms with Crippen LogP contribution in [0.15, 0.2) is 43.0 Å². The summed E-state index contributed by atoms with van der Waals surface area (Å²) in [5.74, 6) is 0.349. The summed E-state index contributed by atoms with van der Waals surface area (Å²) in [6.07, 6.45) is 2.93. The number of imidazole rings is 1. The summed E-state index contributed by atoms with van der Waals surface area (Å²) in [5, 5.41) is 0. The molecule has 0 aliphatic carbocycles. The van der Waals surface area contributed by atoms with Gasteiger partial charge in [-0.15, -0.1) is 0 Å². The van der Waals surface area contributed by atoms with Gasteiger partial charge in [0.2, 0.25) is 5.65 Å². The second-order valence-electron chi connectivity index (χ2n) is 3.76. The first-order valence-electron chi connectivity index (χ1n) is 5.45. The van der Waals surface area contributed by atoms with E-state index in [1.54, 1.807) is 6.33 Å². The van der Waals surface area contributed by atoms with E-state index in [1.807, 2.05) is 30.3 Å². The Morgan fingerprint density at radius 2 is 1.94 bits per heavy atom. The number of nitrogens with zero attached hydrogens (tertiary/aromatic N) is 4. The standard InChI is InChI=1S/C12H11N5O/c13-11-10-12(15-7-14-11)17(8-16-10)18-6-9-4-2-1-3-5-9/h1-5,7-8H,6H2,(H2,13,14,15). The van der Waals surface area contributed by atoms with Gasteiger partial charge in [0, 0.05) is 0 Å². The van der Waals surface area contributed by atoms with Crippen LogP contribution in [-0.4, -0.2) is 19.7 Å². The molecule has 0 saturated carbocycles. The lowest BCUT2D eigenvalue weighted by molar-refractivity contribution is 0.105. The van der Waals surface area contributed by atoms with Crippen molar-refractivity contribution in [2.24, 2.45) is 0 Å². The molecule has 0 fully saturated rings. The van der Waals surface area contributed by atoms with Crippen LogP contribution in [0.3, 0.4) is 0 Å². The minimum atomic E-state index is 0.349. The third-order valence-electron chi connectivity index (χ3n) is 2.54. The molecule has 2 N–H and O–H groups in total. The largest absolute Gasteiger partial charge is 0.406 e. The van der Waals surface area contributed by atoms with Gasteiger partial charge in [-0.05, 0) is 5.56 Å². The van der Waals surface area contributed by atoms with Crippen LogP contribution in [0.25, 0.3) is 11.2 Å². The first-order valence-corrected chi connectivity index (χ1v) is 5.45. The van der Waals surface area contributed by atoms with Gasteiger partial charge in [0.1, 0.15) is 19.3 Å². The van der Waals surface area contributed by atoms with Crippen LogP contribution >= 0.6 is 0 Å². The normalized spacial score (nSPS) is 10.7. The molecule has 0 radical (unpaired) electrons. The van der Waals surface area contributed by atoms with E-state index in [0.717, 1.165) is 5.56 Å². The van der Waals surface area contributed by atoms with Crippen molar-refractivity contribution in [1.29, 1.82) is 0 Å². The summed E-state index contributed by atoms with van der Waals surface area (Å²) in [6, 6.07) is 9.87. The molecule has 18 heavy (non-hydrogen) atoms. The lowest BCUT2D eigenvalue weighted by atomic mass is 10.2. The highest BCUT2D eigenvalue weighted by Crippen LogP contribution is 2.13. The van der Waals surface area contributed by atoms with Gasteiger partial charge in [0.25, 0.3) is 0 Å². The van der Waals surface area contributed by atoms with E-state index in [1.165, 1.54) is 11.1 Å². The molecule has 0 bridgehead atoms. The zero-order valence-electron chi connectivity index (χ0n) is 9.52. The van der Waals surface area contributed by atoms with Crippen molar-refractivity contribution < 1.29 is 4.84 Å². The number of hydrogen-bond donors (Lipinski definition) is 1. The predicted molar refractivity (Wildman–Crippen MR) is 66.5 cm³/mol. The Balaban J connectivity index is 1.85. The number of rotatable bonds is 3. The van der Waals surface area contributed by atoms with Crippen molar-refractivity contribution in [3.05, 3.63) is 48.5 Å². The van der Waals surface area contributed by atoms with Crippen molar-refractivity contribution in [2.45, 2.75) is 6.61 Å². The lowest BCUT2D eigenvalue weighted by Gasteiger charge is -2.06. The molecule has 6 nitrogen and oxygen atoms in total. The fourth-order valence-corrected chi connectivity index (χ4v) is 1.65. The fourth-order valence-electron chi connectivity index (χ4n) is 1.65. The van der Waals surface area contributed by atoms with Crippen LogP contribution in [0, 0.1) is 0 Å². The predicted octanol–water partition coefficient (Wildman–Crippen LogP) is 1.04. The third kappa shape index (κ3) is 1.84. The molecule has 0 aliphatic heterocycles. The Morgan fingerprint density at radius 1 is 1.11 bits per heavy atom. The fraction of sp³-hybridized carbons (Fsp3) is 0.0833. The summed E-state index contributed by atoms with van der Waals surface area (Å²) in [4.78, 5) is 17.7.